The molecule has 0 radical (unpaired) electrons. The van der Waals surface area contributed by atoms with E-state index in [-0.39, 0.29) is 11.3 Å². The maximum Gasteiger partial charge on any atom is 0.430 e. The topological polar surface area (TPSA) is 55.8 Å². The number of aryl methyl sites for hydroxylation is 2. The molecular weight excluding hydrogens is 349 g/mol. The zero-order valence-corrected chi connectivity index (χ0v) is 13.9. The Morgan fingerprint density at radius 2 is 1.88 bits per heavy atom. The molecule has 1 aliphatic heterocycles. The Balaban J connectivity index is 1.97. The van der Waals surface area contributed by atoms with Crippen molar-refractivity contribution in [3.63, 3.8) is 0 Å². The van der Waals surface area contributed by atoms with Crippen molar-refractivity contribution in [3.05, 3.63) is 58.7 Å². The highest BCUT2D eigenvalue weighted by Gasteiger charge is 2.48. The molecule has 1 atom stereocenters. The Bertz CT molecular complexity index is 900. The molecule has 0 aliphatic carbocycles. The van der Waals surface area contributed by atoms with Crippen molar-refractivity contribution in [1.82, 2.24) is 0 Å². The normalized spacial score (nSPS) is 16.3. The second-order valence-electron chi connectivity index (χ2n) is 6.01. The molecule has 0 bridgehead atoms. The second-order valence-corrected chi connectivity index (χ2v) is 6.01. The number of rotatable bonds is 3. The smallest absolute Gasteiger partial charge is 0.430 e. The predicted molar refractivity (Wildman–Crippen MR) is 88.5 cm³/mol. The highest BCUT2D eigenvalue weighted by atomic mass is 19.4. The van der Waals surface area contributed by atoms with Gasteiger partial charge < -0.3 is 14.6 Å². The molecule has 0 aromatic heterocycles. The van der Waals surface area contributed by atoms with E-state index in [0.717, 1.165) is 17.2 Å². The van der Waals surface area contributed by atoms with E-state index in [0.29, 0.717) is 11.5 Å². The summed E-state index contributed by atoms with van der Waals surface area (Å²) in [4.78, 5) is 11.1. The molecule has 4 nitrogen and oxygen atoms in total. The Hall–Kier alpha value is -2.96. The van der Waals surface area contributed by atoms with Crippen LogP contribution in [0.3, 0.4) is 0 Å². The monoisotopic (exact) mass is 364 g/mol. The van der Waals surface area contributed by atoms with E-state index in [4.69, 9.17) is 14.6 Å². The highest BCUT2D eigenvalue weighted by Crippen LogP contribution is 2.39. The van der Waals surface area contributed by atoms with E-state index < -0.39 is 23.8 Å². The molecule has 0 amide bonds. The van der Waals surface area contributed by atoms with Crippen LogP contribution in [0.4, 0.5) is 13.2 Å². The number of carboxylic acids is 1. The van der Waals surface area contributed by atoms with Crippen molar-refractivity contribution >= 4 is 12.0 Å². The van der Waals surface area contributed by atoms with Crippen molar-refractivity contribution in [2.75, 3.05) is 0 Å². The molecule has 0 saturated carbocycles. The molecule has 2 aromatic rings. The Labute approximate surface area is 147 Å². The summed E-state index contributed by atoms with van der Waals surface area (Å²) >= 11 is 0. The molecule has 7 heteroatoms. The molecule has 0 spiro atoms. The van der Waals surface area contributed by atoms with Crippen LogP contribution in [-0.2, 0) is 4.79 Å². The number of carbonyl (C=O) groups is 1. The average molecular weight is 364 g/mol. The van der Waals surface area contributed by atoms with E-state index in [9.17, 15) is 18.0 Å². The van der Waals surface area contributed by atoms with Gasteiger partial charge in [0, 0.05) is 11.6 Å². The van der Waals surface area contributed by atoms with Gasteiger partial charge in [0.1, 0.15) is 17.2 Å². The minimum absolute atomic E-state index is 0.0832. The van der Waals surface area contributed by atoms with Crippen molar-refractivity contribution in [1.29, 1.82) is 0 Å². The summed E-state index contributed by atoms with van der Waals surface area (Å²) in [5.41, 5.74) is 1.24. The number of benzene rings is 2. The van der Waals surface area contributed by atoms with Gasteiger partial charge in [-0.3, -0.25) is 0 Å². The third-order valence-electron chi connectivity index (χ3n) is 3.94. The number of aliphatic carboxylic acids is 1. The number of alkyl halides is 3. The van der Waals surface area contributed by atoms with Gasteiger partial charge in [0.15, 0.2) is 0 Å². The first-order chi connectivity index (χ1) is 12.1. The number of hydrogen-bond acceptors (Lipinski definition) is 3. The van der Waals surface area contributed by atoms with Gasteiger partial charge in [-0.15, -0.1) is 0 Å². The minimum Gasteiger partial charge on any atom is -0.478 e. The fourth-order valence-corrected chi connectivity index (χ4v) is 2.59. The van der Waals surface area contributed by atoms with E-state index in [1.165, 1.54) is 12.1 Å². The van der Waals surface area contributed by atoms with Gasteiger partial charge in [0.05, 0.1) is 5.57 Å². The molecule has 1 N–H and O–H groups in total. The van der Waals surface area contributed by atoms with E-state index >= 15 is 0 Å². The van der Waals surface area contributed by atoms with Gasteiger partial charge >= 0.3 is 12.1 Å². The summed E-state index contributed by atoms with van der Waals surface area (Å²) in [6, 6.07) is 9.95. The van der Waals surface area contributed by atoms with Gasteiger partial charge in [0.2, 0.25) is 6.10 Å². The van der Waals surface area contributed by atoms with Crippen LogP contribution in [0.25, 0.3) is 6.08 Å². The maximum absolute atomic E-state index is 13.1. The standard InChI is InChI=1S/C19H15F3O4/c1-10-3-4-11(2)15(7-10)25-13-6-5-12-8-14(18(23)24)17(19(20,21)22)26-16(12)9-13/h3-9,17H,1-2H3,(H,23,24). The lowest BCUT2D eigenvalue weighted by Crippen LogP contribution is -2.40. The molecule has 0 fully saturated rings. The molecule has 136 valence electrons. The van der Waals surface area contributed by atoms with Gasteiger partial charge in [0.25, 0.3) is 0 Å². The van der Waals surface area contributed by atoms with Crippen LogP contribution >= 0.6 is 0 Å². The van der Waals surface area contributed by atoms with Crippen LogP contribution in [-0.4, -0.2) is 23.4 Å². The van der Waals surface area contributed by atoms with Gasteiger partial charge in [-0.25, -0.2) is 4.79 Å². The molecule has 1 heterocycles. The lowest BCUT2D eigenvalue weighted by Gasteiger charge is -2.27. The molecule has 26 heavy (non-hydrogen) atoms. The fraction of sp³-hybridized carbons (Fsp3) is 0.211. The second kappa shape index (κ2) is 6.40. The Morgan fingerprint density at radius 1 is 1.15 bits per heavy atom. The van der Waals surface area contributed by atoms with Gasteiger partial charge in [-0.05, 0) is 49.2 Å². The summed E-state index contributed by atoms with van der Waals surface area (Å²) in [5.74, 6) is -0.880. The van der Waals surface area contributed by atoms with Crippen LogP contribution < -0.4 is 9.47 Å². The molecule has 1 unspecified atom stereocenters. The Morgan fingerprint density at radius 3 is 2.54 bits per heavy atom. The Kier molecular flexibility index (Phi) is 4.39. The third-order valence-corrected chi connectivity index (χ3v) is 3.94. The van der Waals surface area contributed by atoms with Crippen LogP contribution in [0.2, 0.25) is 0 Å². The van der Waals surface area contributed by atoms with Crippen molar-refractivity contribution < 1.29 is 32.5 Å². The maximum atomic E-state index is 13.1. The quantitative estimate of drug-likeness (QED) is 0.843. The van der Waals surface area contributed by atoms with Crippen LogP contribution in [0, 0.1) is 13.8 Å². The lowest BCUT2D eigenvalue weighted by atomic mass is 10.0. The average Bonchev–Trinajstić information content (AvgIpc) is 2.56. The van der Waals surface area contributed by atoms with Crippen molar-refractivity contribution in [3.8, 4) is 17.2 Å². The van der Waals surface area contributed by atoms with Crippen molar-refractivity contribution in [2.24, 2.45) is 0 Å². The zero-order chi connectivity index (χ0) is 19.1. The van der Waals surface area contributed by atoms with E-state index in [1.54, 1.807) is 6.07 Å². The first kappa shape index (κ1) is 17.8. The van der Waals surface area contributed by atoms with E-state index in [1.807, 2.05) is 32.0 Å². The molecule has 2 aromatic carbocycles. The van der Waals surface area contributed by atoms with Crippen molar-refractivity contribution in [2.45, 2.75) is 26.1 Å². The predicted octanol–water partition coefficient (Wildman–Crippen LogP) is 4.89. The van der Waals surface area contributed by atoms with Crippen LogP contribution in [0.5, 0.6) is 17.2 Å². The number of carboxylic acid groups (broad SMARTS) is 1. The number of fused-ring (bicyclic) bond motifs is 1. The molecular formula is C19H15F3O4. The summed E-state index contributed by atoms with van der Waals surface area (Å²) < 4.78 is 50.1. The number of ether oxygens (including phenoxy) is 2. The summed E-state index contributed by atoms with van der Waals surface area (Å²) in [5, 5.41) is 9.03. The fourth-order valence-electron chi connectivity index (χ4n) is 2.59. The number of halogens is 3. The van der Waals surface area contributed by atoms with E-state index in [2.05, 4.69) is 0 Å². The van der Waals surface area contributed by atoms with Crippen LogP contribution in [0.1, 0.15) is 16.7 Å². The SMILES string of the molecule is Cc1ccc(C)c(Oc2ccc3c(c2)OC(C(F)(F)F)C(C(=O)O)=C3)c1. The minimum atomic E-state index is -4.84. The lowest BCUT2D eigenvalue weighted by molar-refractivity contribution is -0.187. The van der Waals surface area contributed by atoms with Crippen LogP contribution in [0.15, 0.2) is 42.0 Å². The third kappa shape index (κ3) is 3.51. The van der Waals surface area contributed by atoms with Gasteiger partial charge in [-0.1, -0.05) is 12.1 Å². The molecule has 3 rings (SSSR count). The largest absolute Gasteiger partial charge is 0.478 e. The van der Waals surface area contributed by atoms with Gasteiger partial charge in [-0.2, -0.15) is 13.2 Å². The molecule has 0 saturated heterocycles. The number of hydrogen-bond donors (Lipinski definition) is 1. The first-order valence-corrected chi connectivity index (χ1v) is 7.72. The summed E-state index contributed by atoms with van der Waals surface area (Å²) in [7, 11) is 0. The highest BCUT2D eigenvalue weighted by molar-refractivity contribution is 5.95. The molecule has 1 aliphatic rings. The summed E-state index contributed by atoms with van der Waals surface area (Å²) in [6.45, 7) is 3.75. The summed E-state index contributed by atoms with van der Waals surface area (Å²) in [6.07, 6.45) is -6.39. The first-order valence-electron chi connectivity index (χ1n) is 7.72. The zero-order valence-electron chi connectivity index (χ0n) is 13.9.